The van der Waals surface area contributed by atoms with Crippen molar-refractivity contribution in [1.29, 1.82) is 0 Å². The molecular weight excluding hydrogens is 274 g/mol. The molecule has 1 aliphatic carbocycles. The summed E-state index contributed by atoms with van der Waals surface area (Å²) in [6, 6.07) is 4.18. The Bertz CT molecular complexity index is 607. The molecule has 0 radical (unpaired) electrons. The van der Waals surface area contributed by atoms with E-state index < -0.39 is 5.97 Å². The third-order valence-electron chi connectivity index (χ3n) is 3.46. The van der Waals surface area contributed by atoms with Crippen molar-refractivity contribution in [2.45, 2.75) is 31.7 Å². The molecule has 6 heteroatoms. The molecule has 3 rings (SSSR count). The summed E-state index contributed by atoms with van der Waals surface area (Å²) < 4.78 is 0. The topological polar surface area (TPSA) is 75.1 Å². The predicted molar refractivity (Wildman–Crippen MR) is 78.2 cm³/mol. The van der Waals surface area contributed by atoms with Crippen LogP contribution in [-0.2, 0) is 0 Å². The number of aromatic nitrogens is 2. The van der Waals surface area contributed by atoms with Crippen molar-refractivity contribution in [2.75, 3.05) is 5.32 Å². The molecule has 2 N–H and O–H groups in total. The van der Waals surface area contributed by atoms with Crippen LogP contribution in [0.15, 0.2) is 23.7 Å². The number of nitrogens with one attached hydrogen (secondary N) is 1. The number of carbonyl (C=O) groups is 1. The molecule has 0 atom stereocenters. The minimum atomic E-state index is -0.997. The maximum absolute atomic E-state index is 11.3. The van der Waals surface area contributed by atoms with Crippen LogP contribution in [0.5, 0.6) is 0 Å². The first kappa shape index (κ1) is 13.1. The Morgan fingerprint density at radius 2 is 2.20 bits per heavy atom. The van der Waals surface area contributed by atoms with Crippen LogP contribution < -0.4 is 5.32 Å². The first-order valence-electron chi connectivity index (χ1n) is 6.65. The minimum Gasteiger partial charge on any atom is -0.477 e. The Hall–Kier alpha value is -1.95. The molecule has 2 aromatic heterocycles. The Morgan fingerprint density at radius 1 is 1.40 bits per heavy atom. The highest BCUT2D eigenvalue weighted by molar-refractivity contribution is 7.13. The van der Waals surface area contributed by atoms with E-state index in [0.717, 1.165) is 17.7 Å². The smallest absolute Gasteiger partial charge is 0.341 e. The van der Waals surface area contributed by atoms with Gasteiger partial charge in [0.05, 0.1) is 4.88 Å². The van der Waals surface area contributed by atoms with E-state index in [4.69, 9.17) is 0 Å². The van der Waals surface area contributed by atoms with Crippen molar-refractivity contribution in [1.82, 2.24) is 9.97 Å². The number of hydrogen-bond acceptors (Lipinski definition) is 5. The molecule has 0 saturated heterocycles. The SMILES string of the molecule is O=C(O)c1cnc(-c2cccs2)nc1NC1CCCC1. The molecule has 1 saturated carbocycles. The van der Waals surface area contributed by atoms with Gasteiger partial charge >= 0.3 is 5.97 Å². The van der Waals surface area contributed by atoms with Crippen molar-refractivity contribution >= 4 is 23.1 Å². The van der Waals surface area contributed by atoms with Gasteiger partial charge in [0.15, 0.2) is 5.82 Å². The Kier molecular flexibility index (Phi) is 3.64. The lowest BCUT2D eigenvalue weighted by Gasteiger charge is -2.14. The highest BCUT2D eigenvalue weighted by atomic mass is 32.1. The zero-order chi connectivity index (χ0) is 13.9. The number of hydrogen-bond donors (Lipinski definition) is 2. The molecule has 0 bridgehead atoms. The Balaban J connectivity index is 1.94. The van der Waals surface area contributed by atoms with Crippen LogP contribution in [0, 0.1) is 0 Å². The van der Waals surface area contributed by atoms with Crippen LogP contribution in [0.4, 0.5) is 5.82 Å². The van der Waals surface area contributed by atoms with Crippen molar-refractivity contribution < 1.29 is 9.90 Å². The van der Waals surface area contributed by atoms with Gasteiger partial charge in [0, 0.05) is 12.2 Å². The summed E-state index contributed by atoms with van der Waals surface area (Å²) in [6.45, 7) is 0. The molecule has 2 aromatic rings. The fraction of sp³-hybridized carbons (Fsp3) is 0.357. The van der Waals surface area contributed by atoms with Crippen LogP contribution in [0.3, 0.4) is 0 Å². The van der Waals surface area contributed by atoms with Gasteiger partial charge in [-0.15, -0.1) is 11.3 Å². The second kappa shape index (κ2) is 5.58. The fourth-order valence-corrected chi connectivity index (χ4v) is 3.10. The number of thiophene rings is 1. The summed E-state index contributed by atoms with van der Waals surface area (Å²) in [6.07, 6.45) is 5.89. The third-order valence-corrected chi connectivity index (χ3v) is 4.32. The zero-order valence-corrected chi connectivity index (χ0v) is 11.7. The summed E-state index contributed by atoms with van der Waals surface area (Å²) in [5, 5.41) is 14.5. The highest BCUT2D eigenvalue weighted by Crippen LogP contribution is 2.26. The van der Waals surface area contributed by atoms with E-state index in [0.29, 0.717) is 17.7 Å². The Morgan fingerprint density at radius 3 is 2.85 bits per heavy atom. The van der Waals surface area contributed by atoms with Gasteiger partial charge in [0.1, 0.15) is 11.4 Å². The maximum atomic E-state index is 11.3. The van der Waals surface area contributed by atoms with E-state index in [1.807, 2.05) is 17.5 Å². The van der Waals surface area contributed by atoms with Gasteiger partial charge in [-0.3, -0.25) is 0 Å². The van der Waals surface area contributed by atoms with E-state index >= 15 is 0 Å². The number of anilines is 1. The van der Waals surface area contributed by atoms with E-state index in [-0.39, 0.29) is 5.56 Å². The highest BCUT2D eigenvalue weighted by Gasteiger charge is 2.20. The van der Waals surface area contributed by atoms with Crippen LogP contribution in [-0.4, -0.2) is 27.1 Å². The number of aromatic carboxylic acids is 1. The van der Waals surface area contributed by atoms with Crippen LogP contribution in [0.1, 0.15) is 36.0 Å². The molecule has 0 aliphatic heterocycles. The van der Waals surface area contributed by atoms with Gasteiger partial charge < -0.3 is 10.4 Å². The van der Waals surface area contributed by atoms with Crippen molar-refractivity contribution in [3.63, 3.8) is 0 Å². The first-order chi connectivity index (χ1) is 9.74. The van der Waals surface area contributed by atoms with Gasteiger partial charge in [-0.1, -0.05) is 18.9 Å². The number of carboxylic acid groups (broad SMARTS) is 1. The summed E-state index contributed by atoms with van der Waals surface area (Å²) in [5.74, 6) is 0.0107. The largest absolute Gasteiger partial charge is 0.477 e. The molecule has 1 aliphatic rings. The molecule has 1 fully saturated rings. The molecule has 0 unspecified atom stereocenters. The third kappa shape index (κ3) is 2.65. The normalized spacial score (nSPS) is 15.4. The Labute approximate surface area is 120 Å². The average molecular weight is 289 g/mol. The van der Waals surface area contributed by atoms with E-state index in [9.17, 15) is 9.90 Å². The van der Waals surface area contributed by atoms with Gasteiger partial charge in [-0.2, -0.15) is 0 Å². The molecule has 0 amide bonds. The van der Waals surface area contributed by atoms with E-state index in [1.165, 1.54) is 19.0 Å². The van der Waals surface area contributed by atoms with Gasteiger partial charge in [-0.25, -0.2) is 14.8 Å². The maximum Gasteiger partial charge on any atom is 0.341 e. The van der Waals surface area contributed by atoms with Crippen LogP contribution in [0.2, 0.25) is 0 Å². The van der Waals surface area contributed by atoms with Crippen LogP contribution in [0.25, 0.3) is 10.7 Å². The monoisotopic (exact) mass is 289 g/mol. The lowest BCUT2D eigenvalue weighted by molar-refractivity contribution is 0.0697. The molecule has 20 heavy (non-hydrogen) atoms. The standard InChI is InChI=1S/C14H15N3O2S/c18-14(19)10-8-15-13(11-6-3-7-20-11)17-12(10)16-9-4-1-2-5-9/h3,6-9H,1-2,4-5H2,(H,18,19)(H,15,16,17). The van der Waals surface area contributed by atoms with Crippen LogP contribution >= 0.6 is 11.3 Å². The molecular formula is C14H15N3O2S. The zero-order valence-electron chi connectivity index (χ0n) is 10.9. The lowest BCUT2D eigenvalue weighted by atomic mass is 10.2. The summed E-state index contributed by atoms with van der Waals surface area (Å²) in [4.78, 5) is 20.8. The molecule has 2 heterocycles. The van der Waals surface area contributed by atoms with E-state index in [1.54, 1.807) is 11.3 Å². The first-order valence-corrected chi connectivity index (χ1v) is 7.53. The summed E-state index contributed by atoms with van der Waals surface area (Å²) in [7, 11) is 0. The van der Waals surface area contributed by atoms with Gasteiger partial charge in [0.2, 0.25) is 0 Å². The predicted octanol–water partition coefficient (Wildman–Crippen LogP) is 3.26. The minimum absolute atomic E-state index is 0.136. The fourth-order valence-electron chi connectivity index (χ4n) is 2.44. The molecule has 5 nitrogen and oxygen atoms in total. The van der Waals surface area contributed by atoms with Gasteiger partial charge in [-0.05, 0) is 24.3 Å². The average Bonchev–Trinajstić information content (AvgIpc) is 3.11. The molecule has 104 valence electrons. The second-order valence-corrected chi connectivity index (χ2v) is 5.81. The number of carboxylic acids is 1. The van der Waals surface area contributed by atoms with Gasteiger partial charge in [0.25, 0.3) is 0 Å². The number of rotatable bonds is 4. The molecule has 0 spiro atoms. The summed E-state index contributed by atoms with van der Waals surface area (Å²) >= 11 is 1.54. The van der Waals surface area contributed by atoms with E-state index in [2.05, 4.69) is 15.3 Å². The van der Waals surface area contributed by atoms with Crippen molar-refractivity contribution in [2.24, 2.45) is 0 Å². The second-order valence-electron chi connectivity index (χ2n) is 4.86. The number of nitrogens with zero attached hydrogens (tertiary/aromatic N) is 2. The van der Waals surface area contributed by atoms with Crippen molar-refractivity contribution in [3.8, 4) is 10.7 Å². The molecule has 0 aromatic carbocycles. The quantitative estimate of drug-likeness (QED) is 0.903. The summed E-state index contributed by atoms with van der Waals surface area (Å²) in [5.41, 5.74) is 0.136. The lowest BCUT2D eigenvalue weighted by Crippen LogP contribution is -2.18. The van der Waals surface area contributed by atoms with Crippen molar-refractivity contribution in [3.05, 3.63) is 29.3 Å².